The third-order valence-electron chi connectivity index (χ3n) is 4.52. The summed E-state index contributed by atoms with van der Waals surface area (Å²) in [4.78, 5) is 2.42. The summed E-state index contributed by atoms with van der Waals surface area (Å²) in [6.45, 7) is 2.40. The van der Waals surface area contributed by atoms with Gasteiger partial charge in [-0.3, -0.25) is 0 Å². The number of nitriles is 1. The van der Waals surface area contributed by atoms with Crippen molar-refractivity contribution in [1.29, 1.82) is 5.26 Å². The van der Waals surface area contributed by atoms with Crippen molar-refractivity contribution in [2.75, 3.05) is 20.1 Å². The minimum absolute atomic E-state index is 0.137. The van der Waals surface area contributed by atoms with E-state index in [9.17, 15) is 5.26 Å². The molecule has 0 aromatic heterocycles. The van der Waals surface area contributed by atoms with E-state index in [-0.39, 0.29) is 5.41 Å². The molecule has 2 fully saturated rings. The fourth-order valence-electron chi connectivity index (χ4n) is 3.10. The van der Waals surface area contributed by atoms with Crippen molar-refractivity contribution in [1.82, 2.24) is 4.90 Å². The lowest BCUT2D eigenvalue weighted by Gasteiger charge is -2.30. The van der Waals surface area contributed by atoms with Crippen LogP contribution in [0.25, 0.3) is 0 Å². The molecule has 18 heavy (non-hydrogen) atoms. The zero-order valence-electron chi connectivity index (χ0n) is 11.0. The molecule has 3 rings (SSSR count). The zero-order valence-corrected chi connectivity index (χ0v) is 11.0. The number of rotatable bonds is 2. The number of piperidine rings is 1. The Morgan fingerprint density at radius 1 is 1.28 bits per heavy atom. The third kappa shape index (κ3) is 2.04. The van der Waals surface area contributed by atoms with Gasteiger partial charge >= 0.3 is 0 Å². The molecule has 0 amide bonds. The average molecular weight is 240 g/mol. The maximum Gasteiger partial charge on any atom is 0.0823 e. The van der Waals surface area contributed by atoms with Gasteiger partial charge < -0.3 is 4.90 Å². The quantitative estimate of drug-likeness (QED) is 0.794. The van der Waals surface area contributed by atoms with Gasteiger partial charge in [-0.1, -0.05) is 24.3 Å². The molecule has 2 aliphatic rings. The number of hydrogen-bond donors (Lipinski definition) is 0. The Labute approximate surface area is 109 Å². The highest BCUT2D eigenvalue weighted by Gasteiger charge is 2.44. The summed E-state index contributed by atoms with van der Waals surface area (Å²) in [5.74, 6) is 0.676. The molecule has 94 valence electrons. The highest BCUT2D eigenvalue weighted by Crippen LogP contribution is 2.47. The van der Waals surface area contributed by atoms with Crippen LogP contribution in [-0.4, -0.2) is 25.0 Å². The Morgan fingerprint density at radius 3 is 2.56 bits per heavy atom. The highest BCUT2D eigenvalue weighted by atomic mass is 15.1. The summed E-state index contributed by atoms with van der Waals surface area (Å²) in [5.41, 5.74) is 2.53. The summed E-state index contributed by atoms with van der Waals surface area (Å²) in [6.07, 6.45) is 4.67. The molecule has 1 aromatic rings. The minimum Gasteiger partial charge on any atom is -0.306 e. The fourth-order valence-corrected chi connectivity index (χ4v) is 3.10. The SMILES string of the molecule is CN1CCCC(c2ccc(C3(C#N)CC3)cc2)C1. The first-order valence-corrected chi connectivity index (χ1v) is 6.94. The predicted molar refractivity (Wildman–Crippen MR) is 72.4 cm³/mol. The number of likely N-dealkylation sites (tertiary alicyclic amines) is 1. The third-order valence-corrected chi connectivity index (χ3v) is 4.52. The van der Waals surface area contributed by atoms with Gasteiger partial charge in [-0.2, -0.15) is 5.26 Å². The van der Waals surface area contributed by atoms with Crippen LogP contribution in [0.4, 0.5) is 0 Å². The molecule has 1 saturated heterocycles. The first-order valence-electron chi connectivity index (χ1n) is 6.94. The van der Waals surface area contributed by atoms with Gasteiger partial charge in [0.05, 0.1) is 11.5 Å². The Bertz CT molecular complexity index is 465. The van der Waals surface area contributed by atoms with Gasteiger partial charge in [0.1, 0.15) is 0 Å². The van der Waals surface area contributed by atoms with Gasteiger partial charge in [0.2, 0.25) is 0 Å². The molecule has 0 spiro atoms. The number of hydrogen-bond acceptors (Lipinski definition) is 2. The molecule has 0 radical (unpaired) electrons. The van der Waals surface area contributed by atoms with Crippen LogP contribution in [0.15, 0.2) is 24.3 Å². The van der Waals surface area contributed by atoms with Crippen LogP contribution in [0.1, 0.15) is 42.7 Å². The molecule has 1 aromatic carbocycles. The summed E-state index contributed by atoms with van der Waals surface area (Å²) in [5, 5.41) is 9.21. The standard InChI is InChI=1S/C16H20N2/c1-18-10-2-3-14(11-18)13-4-6-15(7-5-13)16(12-17)8-9-16/h4-7,14H,2-3,8-11H2,1H3. The highest BCUT2D eigenvalue weighted by molar-refractivity contribution is 5.40. The van der Waals surface area contributed by atoms with Crippen LogP contribution in [0, 0.1) is 11.3 Å². The fraction of sp³-hybridized carbons (Fsp3) is 0.562. The molecule has 1 aliphatic carbocycles. The van der Waals surface area contributed by atoms with Gasteiger partial charge in [0.15, 0.2) is 0 Å². The van der Waals surface area contributed by atoms with E-state index in [0.717, 1.165) is 12.8 Å². The normalized spacial score (nSPS) is 26.6. The largest absolute Gasteiger partial charge is 0.306 e. The van der Waals surface area contributed by atoms with Crippen LogP contribution in [0.2, 0.25) is 0 Å². The van der Waals surface area contributed by atoms with E-state index in [1.165, 1.54) is 37.1 Å². The first kappa shape index (κ1) is 11.7. The lowest BCUT2D eigenvalue weighted by molar-refractivity contribution is 0.251. The first-order chi connectivity index (χ1) is 8.73. The van der Waals surface area contributed by atoms with E-state index in [1.54, 1.807) is 0 Å². The molecular weight excluding hydrogens is 220 g/mol. The van der Waals surface area contributed by atoms with Gasteiger partial charge in [0, 0.05) is 6.54 Å². The van der Waals surface area contributed by atoms with Crippen molar-refractivity contribution in [2.24, 2.45) is 0 Å². The minimum atomic E-state index is -0.137. The second kappa shape index (κ2) is 4.40. The predicted octanol–water partition coefficient (Wildman–Crippen LogP) is 3.05. The van der Waals surface area contributed by atoms with Crippen molar-refractivity contribution in [3.8, 4) is 6.07 Å². The molecule has 1 unspecified atom stereocenters. The Balaban J connectivity index is 1.77. The van der Waals surface area contributed by atoms with Crippen molar-refractivity contribution < 1.29 is 0 Å². The monoisotopic (exact) mass is 240 g/mol. The Kier molecular flexibility index (Phi) is 2.87. The van der Waals surface area contributed by atoms with E-state index in [0.29, 0.717) is 5.92 Å². The molecule has 1 heterocycles. The van der Waals surface area contributed by atoms with Crippen LogP contribution in [-0.2, 0) is 5.41 Å². The number of likely N-dealkylation sites (N-methyl/N-ethyl adjacent to an activating group) is 1. The molecule has 1 saturated carbocycles. The smallest absolute Gasteiger partial charge is 0.0823 e. The van der Waals surface area contributed by atoms with Gasteiger partial charge in [-0.15, -0.1) is 0 Å². The van der Waals surface area contributed by atoms with E-state index < -0.39 is 0 Å². The molecular formula is C16H20N2. The Hall–Kier alpha value is -1.33. The van der Waals surface area contributed by atoms with Crippen molar-refractivity contribution in [3.05, 3.63) is 35.4 Å². The van der Waals surface area contributed by atoms with E-state index in [4.69, 9.17) is 0 Å². The van der Waals surface area contributed by atoms with Crippen molar-refractivity contribution >= 4 is 0 Å². The molecule has 1 aliphatic heterocycles. The van der Waals surface area contributed by atoms with Crippen LogP contribution in [0.3, 0.4) is 0 Å². The lowest BCUT2D eigenvalue weighted by Crippen LogP contribution is -2.30. The van der Waals surface area contributed by atoms with Crippen LogP contribution in [0.5, 0.6) is 0 Å². The van der Waals surface area contributed by atoms with E-state index in [1.807, 2.05) is 0 Å². The van der Waals surface area contributed by atoms with E-state index >= 15 is 0 Å². The number of benzene rings is 1. The average Bonchev–Trinajstić information content (AvgIpc) is 3.20. The summed E-state index contributed by atoms with van der Waals surface area (Å²) in [7, 11) is 2.20. The lowest BCUT2D eigenvalue weighted by atomic mass is 9.88. The summed E-state index contributed by atoms with van der Waals surface area (Å²) >= 11 is 0. The molecule has 1 atom stereocenters. The van der Waals surface area contributed by atoms with Crippen LogP contribution >= 0.6 is 0 Å². The number of nitrogens with zero attached hydrogens (tertiary/aromatic N) is 2. The summed E-state index contributed by atoms with van der Waals surface area (Å²) < 4.78 is 0. The van der Waals surface area contributed by atoms with E-state index in [2.05, 4.69) is 42.3 Å². The van der Waals surface area contributed by atoms with Crippen molar-refractivity contribution in [2.45, 2.75) is 37.0 Å². The van der Waals surface area contributed by atoms with Gasteiger partial charge in [0.25, 0.3) is 0 Å². The van der Waals surface area contributed by atoms with Crippen LogP contribution < -0.4 is 0 Å². The maximum absolute atomic E-state index is 9.21. The molecule has 2 heteroatoms. The van der Waals surface area contributed by atoms with Gasteiger partial charge in [-0.05, 0) is 56.3 Å². The second-order valence-corrected chi connectivity index (χ2v) is 5.92. The zero-order chi connectivity index (χ0) is 12.6. The van der Waals surface area contributed by atoms with Gasteiger partial charge in [-0.25, -0.2) is 0 Å². The molecule has 0 bridgehead atoms. The Morgan fingerprint density at radius 2 is 2.00 bits per heavy atom. The molecule has 2 nitrogen and oxygen atoms in total. The molecule has 0 N–H and O–H groups in total. The van der Waals surface area contributed by atoms with Crippen molar-refractivity contribution in [3.63, 3.8) is 0 Å². The maximum atomic E-state index is 9.21. The topological polar surface area (TPSA) is 27.0 Å². The second-order valence-electron chi connectivity index (χ2n) is 5.92. The summed E-state index contributed by atoms with van der Waals surface area (Å²) in [6, 6.07) is 11.3.